The molecule has 0 amide bonds. The van der Waals surface area contributed by atoms with E-state index in [0.717, 1.165) is 12.3 Å². The van der Waals surface area contributed by atoms with Crippen LogP contribution in [0.15, 0.2) is 47.4 Å². The Morgan fingerprint density at radius 2 is 1.73 bits per heavy atom. The summed E-state index contributed by atoms with van der Waals surface area (Å²) in [6.07, 6.45) is 0.989. The summed E-state index contributed by atoms with van der Waals surface area (Å²) < 4.78 is 49.2. The zero-order valence-electron chi connectivity index (χ0n) is 20.9. The van der Waals surface area contributed by atoms with Gasteiger partial charge in [0.25, 0.3) is 5.56 Å². The molecule has 4 rings (SSSR count). The van der Waals surface area contributed by atoms with E-state index < -0.39 is 28.6 Å². The van der Waals surface area contributed by atoms with Gasteiger partial charge in [0.05, 0.1) is 17.4 Å². The normalized spacial score (nSPS) is 11.6. The molecule has 0 fully saturated rings. The number of ether oxygens (including phenoxy) is 1. The largest absolute Gasteiger partial charge is 0.472 e. The summed E-state index contributed by atoms with van der Waals surface area (Å²) in [5.41, 5.74) is -0.484. The maximum Gasteiger partial charge on any atom is 0.264 e. The van der Waals surface area contributed by atoms with Crippen LogP contribution in [0.3, 0.4) is 0 Å². The number of aromatic nitrogens is 4. The Morgan fingerprint density at radius 1 is 1.00 bits per heavy atom. The molecule has 0 saturated carbocycles. The third-order valence-corrected chi connectivity index (χ3v) is 5.79. The second-order valence-electron chi connectivity index (χ2n) is 9.21. The molecule has 2 aromatic carbocycles. The monoisotopic (exact) mass is 510 g/mol. The Bertz CT molecular complexity index is 1560. The highest BCUT2D eigenvalue weighted by Crippen LogP contribution is 2.26. The van der Waals surface area contributed by atoms with Crippen molar-refractivity contribution in [3.05, 3.63) is 98.7 Å². The predicted molar refractivity (Wildman–Crippen MR) is 131 cm³/mol. The van der Waals surface area contributed by atoms with Crippen molar-refractivity contribution in [1.82, 2.24) is 19.5 Å². The molecule has 0 aliphatic rings. The van der Waals surface area contributed by atoms with Crippen molar-refractivity contribution < 1.29 is 23.0 Å². The first-order valence-electron chi connectivity index (χ1n) is 11.4. The van der Waals surface area contributed by atoms with E-state index >= 15 is 0 Å². The SMILES string of the molecule is Cc1cc(COc2nc(C)n(-c3cccc(-c4nc(C(C)(C)O)ncc4F)c3)c(=O)c2C)c(F)cc1F. The molecule has 0 radical (unpaired) electrons. The lowest BCUT2D eigenvalue weighted by atomic mass is 10.1. The van der Waals surface area contributed by atoms with Gasteiger partial charge in [-0.05, 0) is 58.4 Å². The fourth-order valence-corrected chi connectivity index (χ4v) is 3.76. The third-order valence-electron chi connectivity index (χ3n) is 5.79. The van der Waals surface area contributed by atoms with Gasteiger partial charge < -0.3 is 9.84 Å². The summed E-state index contributed by atoms with van der Waals surface area (Å²) in [5, 5.41) is 10.2. The molecule has 0 aliphatic carbocycles. The Balaban J connectivity index is 1.70. The number of hydrogen-bond donors (Lipinski definition) is 1. The molecule has 2 aromatic heterocycles. The summed E-state index contributed by atoms with van der Waals surface area (Å²) in [6, 6.07) is 8.63. The van der Waals surface area contributed by atoms with Gasteiger partial charge in [-0.2, -0.15) is 4.98 Å². The second-order valence-corrected chi connectivity index (χ2v) is 9.21. The van der Waals surface area contributed by atoms with E-state index in [9.17, 15) is 23.1 Å². The summed E-state index contributed by atoms with van der Waals surface area (Å²) >= 11 is 0. The number of halogens is 3. The van der Waals surface area contributed by atoms with Crippen LogP contribution < -0.4 is 10.3 Å². The number of hydrogen-bond acceptors (Lipinski definition) is 6. The van der Waals surface area contributed by atoms with Gasteiger partial charge >= 0.3 is 0 Å². The lowest BCUT2D eigenvalue weighted by Gasteiger charge is -2.17. The summed E-state index contributed by atoms with van der Waals surface area (Å²) in [7, 11) is 0. The fourth-order valence-electron chi connectivity index (χ4n) is 3.76. The van der Waals surface area contributed by atoms with Gasteiger partial charge in [0.2, 0.25) is 5.88 Å². The molecule has 1 N–H and O–H groups in total. The number of aryl methyl sites for hydroxylation is 2. The number of benzene rings is 2. The zero-order valence-corrected chi connectivity index (χ0v) is 20.9. The molecule has 0 saturated heterocycles. The van der Waals surface area contributed by atoms with Crippen LogP contribution in [0.25, 0.3) is 16.9 Å². The summed E-state index contributed by atoms with van der Waals surface area (Å²) in [4.78, 5) is 25.7. The standard InChI is InChI=1S/C27H25F3N4O3/c1-14-9-18(21(29)11-20(14)28)13-37-24-15(2)25(35)34(16(3)32-24)19-8-6-7-17(10-19)23-22(30)12-31-26(33-23)27(4,5)36/h6-12,36H,13H2,1-5H3. The minimum Gasteiger partial charge on any atom is -0.472 e. The Hall–Kier alpha value is -4.05. The van der Waals surface area contributed by atoms with E-state index in [0.29, 0.717) is 11.3 Å². The first-order valence-corrected chi connectivity index (χ1v) is 11.4. The van der Waals surface area contributed by atoms with Crippen LogP contribution in [0.5, 0.6) is 5.88 Å². The Kier molecular flexibility index (Phi) is 6.88. The maximum absolute atomic E-state index is 14.6. The van der Waals surface area contributed by atoms with E-state index in [1.54, 1.807) is 31.2 Å². The second kappa shape index (κ2) is 9.78. The lowest BCUT2D eigenvalue weighted by molar-refractivity contribution is 0.0686. The van der Waals surface area contributed by atoms with Gasteiger partial charge in [0.15, 0.2) is 11.6 Å². The zero-order chi connectivity index (χ0) is 27.1. The average molecular weight is 511 g/mol. The van der Waals surface area contributed by atoms with Crippen LogP contribution in [0.1, 0.15) is 42.2 Å². The molecule has 0 spiro atoms. The Labute approximate surface area is 211 Å². The molecule has 7 nitrogen and oxygen atoms in total. The molecule has 0 unspecified atom stereocenters. The summed E-state index contributed by atoms with van der Waals surface area (Å²) in [5.74, 6) is -1.75. The molecular weight excluding hydrogens is 485 g/mol. The van der Waals surface area contributed by atoms with Crippen molar-refractivity contribution in [1.29, 1.82) is 0 Å². The first kappa shape index (κ1) is 26.0. The van der Waals surface area contributed by atoms with Crippen molar-refractivity contribution in [2.45, 2.75) is 46.8 Å². The lowest BCUT2D eigenvalue weighted by Crippen LogP contribution is -2.25. The van der Waals surface area contributed by atoms with Crippen LogP contribution in [0.2, 0.25) is 0 Å². The highest BCUT2D eigenvalue weighted by Gasteiger charge is 2.22. The smallest absolute Gasteiger partial charge is 0.264 e. The molecule has 192 valence electrons. The van der Waals surface area contributed by atoms with Crippen LogP contribution in [0, 0.1) is 38.2 Å². The van der Waals surface area contributed by atoms with Crippen molar-refractivity contribution in [2.75, 3.05) is 0 Å². The van der Waals surface area contributed by atoms with Crippen LogP contribution in [-0.2, 0) is 12.2 Å². The van der Waals surface area contributed by atoms with Gasteiger partial charge in [-0.1, -0.05) is 12.1 Å². The fraction of sp³-hybridized carbons (Fsp3) is 0.259. The van der Waals surface area contributed by atoms with E-state index in [1.807, 2.05) is 0 Å². The number of nitrogens with zero attached hydrogens (tertiary/aromatic N) is 4. The van der Waals surface area contributed by atoms with E-state index in [-0.39, 0.29) is 46.5 Å². The van der Waals surface area contributed by atoms with E-state index in [4.69, 9.17) is 4.74 Å². The minimum absolute atomic E-state index is 0.0212. The van der Waals surface area contributed by atoms with Crippen molar-refractivity contribution in [3.63, 3.8) is 0 Å². The molecule has 2 heterocycles. The van der Waals surface area contributed by atoms with Gasteiger partial charge in [-0.25, -0.2) is 23.1 Å². The Morgan fingerprint density at radius 3 is 2.43 bits per heavy atom. The quantitative estimate of drug-likeness (QED) is 0.399. The molecular formula is C27H25F3N4O3. The number of aliphatic hydroxyl groups is 1. The molecule has 10 heteroatoms. The highest BCUT2D eigenvalue weighted by atomic mass is 19.1. The molecule has 0 atom stereocenters. The molecule has 0 bridgehead atoms. The third kappa shape index (κ3) is 5.24. The highest BCUT2D eigenvalue weighted by molar-refractivity contribution is 5.63. The predicted octanol–water partition coefficient (Wildman–Crippen LogP) is 4.84. The topological polar surface area (TPSA) is 90.1 Å². The van der Waals surface area contributed by atoms with Crippen molar-refractivity contribution in [2.24, 2.45) is 0 Å². The van der Waals surface area contributed by atoms with Gasteiger partial charge in [-0.15, -0.1) is 0 Å². The van der Waals surface area contributed by atoms with E-state index in [1.165, 1.54) is 38.3 Å². The van der Waals surface area contributed by atoms with Crippen LogP contribution in [-0.4, -0.2) is 24.6 Å². The average Bonchev–Trinajstić information content (AvgIpc) is 2.83. The van der Waals surface area contributed by atoms with Gasteiger partial charge in [-0.3, -0.25) is 9.36 Å². The van der Waals surface area contributed by atoms with Gasteiger partial charge in [0, 0.05) is 17.2 Å². The van der Waals surface area contributed by atoms with Crippen molar-refractivity contribution in [3.8, 4) is 22.8 Å². The molecule has 4 aromatic rings. The molecule has 37 heavy (non-hydrogen) atoms. The maximum atomic E-state index is 14.6. The van der Waals surface area contributed by atoms with Crippen LogP contribution >= 0.6 is 0 Å². The van der Waals surface area contributed by atoms with Crippen molar-refractivity contribution >= 4 is 0 Å². The van der Waals surface area contributed by atoms with Gasteiger partial charge in [0.1, 0.15) is 35.4 Å². The van der Waals surface area contributed by atoms with E-state index in [2.05, 4.69) is 15.0 Å². The number of rotatable bonds is 6. The van der Waals surface area contributed by atoms with Crippen LogP contribution in [0.4, 0.5) is 13.2 Å². The minimum atomic E-state index is -1.38. The summed E-state index contributed by atoms with van der Waals surface area (Å²) in [6.45, 7) is 7.38. The first-order chi connectivity index (χ1) is 17.4. The molecule has 0 aliphatic heterocycles.